The number of aromatic nitrogens is 1. The van der Waals surface area contributed by atoms with Crippen LogP contribution in [0.25, 0.3) is 22.0 Å². The predicted octanol–water partition coefficient (Wildman–Crippen LogP) is 7.80. The topological polar surface area (TPSA) is 43.7 Å². The molecule has 1 fully saturated rings. The molecule has 0 radical (unpaired) electrons. The predicted molar refractivity (Wildman–Crippen MR) is 158 cm³/mol. The molecule has 1 saturated carbocycles. The third-order valence-electron chi connectivity index (χ3n) is 8.17. The van der Waals surface area contributed by atoms with E-state index < -0.39 is 0 Å². The van der Waals surface area contributed by atoms with Crippen LogP contribution in [0, 0.1) is 0 Å². The van der Waals surface area contributed by atoms with Gasteiger partial charge >= 0.3 is 5.97 Å². The lowest BCUT2D eigenvalue weighted by molar-refractivity contribution is 0.0414. The summed E-state index contributed by atoms with van der Waals surface area (Å²) >= 11 is 1.74. The normalized spacial score (nSPS) is 16.2. The van der Waals surface area contributed by atoms with Gasteiger partial charge in [-0.25, -0.2) is 4.79 Å². The summed E-state index contributed by atoms with van der Waals surface area (Å²) in [5.41, 5.74) is 6.04. The van der Waals surface area contributed by atoms with Gasteiger partial charge in [-0.15, -0.1) is 11.8 Å². The maximum Gasteiger partial charge on any atom is 0.340 e. The first-order valence-electron chi connectivity index (χ1n) is 14.1. The molecule has 2 heterocycles. The Kier molecular flexibility index (Phi) is 7.67. The fourth-order valence-corrected chi connectivity index (χ4v) is 7.18. The van der Waals surface area contributed by atoms with Gasteiger partial charge in [0.05, 0.1) is 17.7 Å². The van der Waals surface area contributed by atoms with Crippen molar-refractivity contribution in [2.75, 3.05) is 13.3 Å². The van der Waals surface area contributed by atoms with E-state index in [1.165, 1.54) is 37.0 Å². The summed E-state index contributed by atoms with van der Waals surface area (Å²) in [6.07, 6.45) is 6.28. The zero-order valence-electron chi connectivity index (χ0n) is 22.8. The van der Waals surface area contributed by atoms with E-state index in [1.54, 1.807) is 11.8 Å². The van der Waals surface area contributed by atoms with Crippen LogP contribution in [0.4, 0.5) is 0 Å². The molecule has 5 nitrogen and oxygen atoms in total. The number of hydrogen-bond donors (Lipinski definition) is 0. The number of hydrogen-bond acceptors (Lipinski definition) is 5. The molecule has 6 rings (SSSR count). The fourth-order valence-electron chi connectivity index (χ4n) is 6.19. The van der Waals surface area contributed by atoms with Gasteiger partial charge in [-0.05, 0) is 43.5 Å². The molecule has 0 saturated heterocycles. The average Bonchev–Trinajstić information content (AvgIpc) is 3.28. The van der Waals surface area contributed by atoms with Crippen LogP contribution in [-0.4, -0.2) is 34.8 Å². The van der Waals surface area contributed by atoms with Crippen molar-refractivity contribution < 1.29 is 14.3 Å². The second kappa shape index (κ2) is 11.5. The van der Waals surface area contributed by atoms with Crippen LogP contribution in [-0.2, 0) is 24.1 Å². The lowest BCUT2D eigenvalue weighted by Gasteiger charge is -2.38. The number of rotatable bonds is 7. The Morgan fingerprint density at radius 2 is 1.74 bits per heavy atom. The molecule has 3 aromatic carbocycles. The first-order valence-corrected chi connectivity index (χ1v) is 15.1. The van der Waals surface area contributed by atoms with Crippen LogP contribution < -0.4 is 4.74 Å². The number of ether oxygens (including phenoxy) is 2. The average molecular weight is 541 g/mol. The summed E-state index contributed by atoms with van der Waals surface area (Å²) < 4.78 is 14.5. The summed E-state index contributed by atoms with van der Waals surface area (Å²) in [7, 11) is 2.08. The number of nitrogens with zero attached hydrogens (tertiary/aromatic N) is 2. The number of aryl methyl sites for hydroxylation is 1. The molecule has 0 atom stereocenters. The molecule has 2 aliphatic rings. The molecule has 1 aliphatic heterocycles. The molecule has 4 aromatic rings. The number of carbonyl (C=O) groups excluding carboxylic acids is 1. The van der Waals surface area contributed by atoms with E-state index >= 15 is 0 Å². The van der Waals surface area contributed by atoms with Crippen molar-refractivity contribution in [3.63, 3.8) is 0 Å². The van der Waals surface area contributed by atoms with E-state index in [1.807, 2.05) is 19.1 Å². The Bertz CT molecular complexity index is 1460. The lowest BCUT2D eigenvalue weighted by atomic mass is 9.92. The second-order valence-corrected chi connectivity index (χ2v) is 11.6. The van der Waals surface area contributed by atoms with Gasteiger partial charge in [0.1, 0.15) is 12.5 Å². The Hall–Kier alpha value is -3.22. The SMILES string of the molecule is CCOC(=O)c1c(CSc2ccccc2)n(C)c2cc(-c3ccccc3)c3c(c12)CN(C1CCCCC1)CO3. The maximum absolute atomic E-state index is 13.6. The van der Waals surface area contributed by atoms with Crippen molar-refractivity contribution >= 4 is 28.6 Å². The fraction of sp³-hybridized carbons (Fsp3) is 0.364. The largest absolute Gasteiger partial charge is 0.477 e. The van der Waals surface area contributed by atoms with Gasteiger partial charge < -0.3 is 14.0 Å². The summed E-state index contributed by atoms with van der Waals surface area (Å²) in [4.78, 5) is 17.3. The molecule has 0 unspecified atom stereocenters. The van der Waals surface area contributed by atoms with Crippen molar-refractivity contribution in [2.45, 2.75) is 62.3 Å². The Morgan fingerprint density at radius 1 is 1.03 bits per heavy atom. The smallest absolute Gasteiger partial charge is 0.340 e. The zero-order chi connectivity index (χ0) is 26.8. The minimum atomic E-state index is -0.254. The van der Waals surface area contributed by atoms with Gasteiger partial charge in [0.2, 0.25) is 0 Å². The van der Waals surface area contributed by atoms with E-state index in [2.05, 4.69) is 71.1 Å². The van der Waals surface area contributed by atoms with E-state index in [0.29, 0.717) is 30.7 Å². The summed E-state index contributed by atoms with van der Waals surface area (Å²) in [6.45, 7) is 3.58. The van der Waals surface area contributed by atoms with Crippen molar-refractivity contribution in [3.8, 4) is 16.9 Å². The first-order chi connectivity index (χ1) is 19.2. The van der Waals surface area contributed by atoms with Crippen LogP contribution in [0.3, 0.4) is 0 Å². The van der Waals surface area contributed by atoms with Crippen LogP contribution in [0.1, 0.15) is 60.6 Å². The zero-order valence-corrected chi connectivity index (χ0v) is 23.6. The number of carbonyl (C=O) groups is 1. The highest BCUT2D eigenvalue weighted by atomic mass is 32.2. The molecule has 1 aromatic heterocycles. The maximum atomic E-state index is 13.6. The van der Waals surface area contributed by atoms with Crippen LogP contribution in [0.15, 0.2) is 71.6 Å². The molecule has 0 amide bonds. The number of benzene rings is 3. The van der Waals surface area contributed by atoms with Crippen LogP contribution in [0.5, 0.6) is 5.75 Å². The van der Waals surface area contributed by atoms with E-state index in [0.717, 1.165) is 45.6 Å². The molecule has 0 N–H and O–H groups in total. The molecule has 6 heteroatoms. The van der Waals surface area contributed by atoms with Gasteiger partial charge in [-0.1, -0.05) is 67.8 Å². The molecular formula is C33H36N2O3S. The van der Waals surface area contributed by atoms with Crippen molar-refractivity contribution in [2.24, 2.45) is 7.05 Å². The molecule has 39 heavy (non-hydrogen) atoms. The Balaban J connectivity index is 1.54. The van der Waals surface area contributed by atoms with E-state index in [-0.39, 0.29) is 5.97 Å². The Morgan fingerprint density at radius 3 is 2.46 bits per heavy atom. The monoisotopic (exact) mass is 540 g/mol. The van der Waals surface area contributed by atoms with Crippen molar-refractivity contribution in [1.82, 2.24) is 9.47 Å². The first kappa shape index (κ1) is 26.0. The highest BCUT2D eigenvalue weighted by molar-refractivity contribution is 7.98. The molecule has 0 bridgehead atoms. The minimum Gasteiger partial charge on any atom is -0.477 e. The van der Waals surface area contributed by atoms with Gasteiger partial charge in [0, 0.05) is 52.5 Å². The highest BCUT2D eigenvalue weighted by Gasteiger charge is 2.33. The molecular weight excluding hydrogens is 504 g/mol. The third kappa shape index (κ3) is 5.08. The molecule has 0 spiro atoms. The van der Waals surface area contributed by atoms with Gasteiger partial charge in [0.15, 0.2) is 0 Å². The van der Waals surface area contributed by atoms with Crippen molar-refractivity contribution in [1.29, 1.82) is 0 Å². The minimum absolute atomic E-state index is 0.254. The summed E-state index contributed by atoms with van der Waals surface area (Å²) in [5, 5.41) is 0.981. The van der Waals surface area contributed by atoms with Gasteiger partial charge in [-0.3, -0.25) is 4.90 Å². The number of esters is 1. The Labute approximate surface area is 235 Å². The lowest BCUT2D eigenvalue weighted by Crippen LogP contribution is -2.41. The van der Waals surface area contributed by atoms with E-state index in [4.69, 9.17) is 9.47 Å². The van der Waals surface area contributed by atoms with Crippen LogP contribution in [0.2, 0.25) is 0 Å². The van der Waals surface area contributed by atoms with Crippen LogP contribution >= 0.6 is 11.8 Å². The van der Waals surface area contributed by atoms with Gasteiger partial charge in [0.25, 0.3) is 0 Å². The molecule has 1 aliphatic carbocycles. The number of fused-ring (bicyclic) bond motifs is 3. The quantitative estimate of drug-likeness (QED) is 0.177. The second-order valence-electron chi connectivity index (χ2n) is 10.5. The standard InChI is InChI=1S/C33H36N2O3S/c1-3-37-33(36)31-29(21-39-25-17-11-6-12-18-25)34(2)28-19-26(23-13-7-4-8-14-23)32-27(30(28)31)20-35(22-38-32)24-15-9-5-10-16-24/h4,6-8,11-14,17-19,24H,3,5,9-10,15-16,20-22H2,1-2H3. The van der Waals surface area contributed by atoms with Crippen molar-refractivity contribution in [3.05, 3.63) is 83.6 Å². The summed E-state index contributed by atoms with van der Waals surface area (Å²) in [6, 6.07) is 23.5. The van der Waals surface area contributed by atoms with E-state index in [9.17, 15) is 4.79 Å². The summed E-state index contributed by atoms with van der Waals surface area (Å²) in [5.74, 6) is 1.32. The molecule has 202 valence electrons. The number of thioether (sulfide) groups is 1. The van der Waals surface area contributed by atoms with Gasteiger partial charge in [-0.2, -0.15) is 0 Å². The third-order valence-corrected chi connectivity index (χ3v) is 9.20. The highest BCUT2D eigenvalue weighted by Crippen LogP contribution is 2.45.